The third kappa shape index (κ3) is 3.40. The molecule has 0 bridgehead atoms. The van der Waals surface area contributed by atoms with Crippen LogP contribution in [0.4, 0.5) is 11.6 Å². The van der Waals surface area contributed by atoms with Gasteiger partial charge in [-0.25, -0.2) is 14.5 Å². The monoisotopic (exact) mass is 425 g/mol. The van der Waals surface area contributed by atoms with E-state index in [1.54, 1.807) is 23.8 Å². The van der Waals surface area contributed by atoms with Crippen molar-refractivity contribution < 1.29 is 0 Å². The summed E-state index contributed by atoms with van der Waals surface area (Å²) < 4.78 is 2.96. The molecular formula is C22H19N9O. The largest absolute Gasteiger partial charge is 0.382 e. The third-order valence-electron chi connectivity index (χ3n) is 5.26. The van der Waals surface area contributed by atoms with Crippen LogP contribution in [0.15, 0.2) is 53.7 Å². The first-order valence-corrected chi connectivity index (χ1v) is 9.82. The van der Waals surface area contributed by atoms with Gasteiger partial charge in [-0.3, -0.25) is 9.36 Å². The molecule has 0 saturated carbocycles. The Morgan fingerprint density at radius 1 is 1.09 bits per heavy atom. The molecule has 4 rings (SSSR count). The van der Waals surface area contributed by atoms with Gasteiger partial charge in [0.2, 0.25) is 0 Å². The molecule has 0 unspecified atom stereocenters. The SMILES string of the molecule is C[C@@H](Nc1ncnc(N)c1C#N)c1nn2ccc(C#N)c2c(=O)n1[C@@H](C)c1ccccc1. The number of fused-ring (bicyclic) bond motifs is 1. The van der Waals surface area contributed by atoms with E-state index in [0.717, 1.165) is 5.56 Å². The van der Waals surface area contributed by atoms with Crippen molar-refractivity contribution in [1.29, 1.82) is 10.5 Å². The van der Waals surface area contributed by atoms with Gasteiger partial charge in [0, 0.05) is 6.20 Å². The van der Waals surface area contributed by atoms with Crippen LogP contribution in [-0.2, 0) is 0 Å². The molecule has 10 heteroatoms. The summed E-state index contributed by atoms with van der Waals surface area (Å²) in [7, 11) is 0. The van der Waals surface area contributed by atoms with E-state index < -0.39 is 6.04 Å². The minimum absolute atomic E-state index is 0.0553. The van der Waals surface area contributed by atoms with Gasteiger partial charge in [0.05, 0.1) is 17.6 Å². The van der Waals surface area contributed by atoms with Crippen LogP contribution >= 0.6 is 0 Å². The number of hydrogen-bond donors (Lipinski definition) is 2. The lowest BCUT2D eigenvalue weighted by atomic mass is 10.1. The Morgan fingerprint density at radius 3 is 2.53 bits per heavy atom. The molecule has 3 aromatic heterocycles. The number of nitrogens with one attached hydrogen (secondary N) is 1. The summed E-state index contributed by atoms with van der Waals surface area (Å²) in [6, 6.07) is 14.2. The van der Waals surface area contributed by atoms with Gasteiger partial charge in [-0.05, 0) is 25.5 Å². The molecule has 0 fully saturated rings. The summed E-state index contributed by atoms with van der Waals surface area (Å²) in [6.07, 6.45) is 2.83. The van der Waals surface area contributed by atoms with Gasteiger partial charge in [-0.2, -0.15) is 15.6 Å². The predicted molar refractivity (Wildman–Crippen MR) is 118 cm³/mol. The second kappa shape index (κ2) is 8.20. The van der Waals surface area contributed by atoms with Crippen molar-refractivity contribution in [2.45, 2.75) is 25.9 Å². The molecule has 10 nitrogen and oxygen atoms in total. The van der Waals surface area contributed by atoms with Crippen molar-refractivity contribution in [2.24, 2.45) is 0 Å². The van der Waals surface area contributed by atoms with Crippen molar-refractivity contribution >= 4 is 17.2 Å². The van der Waals surface area contributed by atoms with Crippen molar-refractivity contribution in [3.8, 4) is 12.1 Å². The van der Waals surface area contributed by atoms with E-state index in [1.165, 1.54) is 10.8 Å². The molecule has 0 spiro atoms. The van der Waals surface area contributed by atoms with E-state index in [9.17, 15) is 15.3 Å². The maximum Gasteiger partial charge on any atom is 0.279 e. The zero-order valence-corrected chi connectivity index (χ0v) is 17.4. The van der Waals surface area contributed by atoms with Crippen LogP contribution in [0.3, 0.4) is 0 Å². The molecule has 0 aliphatic rings. The Balaban J connectivity index is 1.91. The molecule has 1 aromatic carbocycles. The van der Waals surface area contributed by atoms with E-state index in [1.807, 2.05) is 49.4 Å². The van der Waals surface area contributed by atoms with Gasteiger partial charge in [0.15, 0.2) is 5.82 Å². The van der Waals surface area contributed by atoms with Crippen LogP contribution < -0.4 is 16.6 Å². The summed E-state index contributed by atoms with van der Waals surface area (Å²) >= 11 is 0. The summed E-state index contributed by atoms with van der Waals surface area (Å²) in [4.78, 5) is 21.5. The summed E-state index contributed by atoms with van der Waals surface area (Å²) in [5.41, 5.74) is 6.92. The lowest BCUT2D eigenvalue weighted by Crippen LogP contribution is -2.33. The summed E-state index contributed by atoms with van der Waals surface area (Å²) in [6.45, 7) is 3.69. The second-order valence-electron chi connectivity index (χ2n) is 7.21. The fourth-order valence-corrected chi connectivity index (χ4v) is 3.62. The number of rotatable bonds is 5. The summed E-state index contributed by atoms with van der Waals surface area (Å²) in [5, 5.41) is 26.6. The molecule has 158 valence electrons. The number of hydrogen-bond acceptors (Lipinski definition) is 8. The van der Waals surface area contributed by atoms with E-state index in [0.29, 0.717) is 5.82 Å². The average molecular weight is 425 g/mol. The Hall–Kier alpha value is -4.70. The van der Waals surface area contributed by atoms with Crippen LogP contribution in [0.25, 0.3) is 5.52 Å². The molecule has 0 aliphatic heterocycles. The number of nitrogens with two attached hydrogens (primary N) is 1. The molecule has 3 heterocycles. The number of nitrogen functional groups attached to an aromatic ring is 1. The minimum Gasteiger partial charge on any atom is -0.382 e. The van der Waals surface area contributed by atoms with Gasteiger partial charge in [-0.1, -0.05) is 30.3 Å². The van der Waals surface area contributed by atoms with Gasteiger partial charge in [0.1, 0.15) is 41.2 Å². The van der Waals surface area contributed by atoms with Gasteiger partial charge >= 0.3 is 0 Å². The van der Waals surface area contributed by atoms with E-state index in [2.05, 4.69) is 20.4 Å². The zero-order chi connectivity index (χ0) is 22.8. The normalized spacial score (nSPS) is 12.6. The highest BCUT2D eigenvalue weighted by molar-refractivity contribution is 5.63. The number of aromatic nitrogens is 5. The fraction of sp³-hybridized carbons (Fsp3) is 0.182. The standard InChI is InChI=1S/C22H19N9O/c1-13(28-20-17(11-24)19(25)26-12-27-20)21-29-30-9-8-16(10-23)18(30)22(32)31(21)14(2)15-6-4-3-5-7-15/h3-9,12-14H,1-2H3,(H3,25,26,27,28)/t13-,14+/m1/s1. The van der Waals surface area contributed by atoms with Crippen LogP contribution in [0.2, 0.25) is 0 Å². The highest BCUT2D eigenvalue weighted by Crippen LogP contribution is 2.25. The van der Waals surface area contributed by atoms with Gasteiger partial charge < -0.3 is 11.1 Å². The van der Waals surface area contributed by atoms with Gasteiger partial charge in [-0.15, -0.1) is 0 Å². The zero-order valence-electron chi connectivity index (χ0n) is 17.4. The second-order valence-corrected chi connectivity index (χ2v) is 7.21. The smallest absolute Gasteiger partial charge is 0.279 e. The van der Waals surface area contributed by atoms with Crippen LogP contribution in [0.1, 0.15) is 48.4 Å². The van der Waals surface area contributed by atoms with Crippen molar-refractivity contribution in [3.05, 3.63) is 81.8 Å². The molecule has 0 amide bonds. The third-order valence-corrected chi connectivity index (χ3v) is 5.26. The minimum atomic E-state index is -0.535. The number of benzene rings is 1. The fourth-order valence-electron chi connectivity index (χ4n) is 3.62. The molecule has 0 radical (unpaired) electrons. The Kier molecular flexibility index (Phi) is 5.27. The first-order valence-electron chi connectivity index (χ1n) is 9.82. The van der Waals surface area contributed by atoms with E-state index in [-0.39, 0.29) is 39.9 Å². The Morgan fingerprint density at radius 2 is 1.84 bits per heavy atom. The maximum atomic E-state index is 13.6. The summed E-state index contributed by atoms with van der Waals surface area (Å²) in [5.74, 6) is 0.700. The number of nitriles is 2. The van der Waals surface area contributed by atoms with Crippen LogP contribution in [0, 0.1) is 22.7 Å². The molecule has 32 heavy (non-hydrogen) atoms. The molecule has 0 saturated heterocycles. The lowest BCUT2D eigenvalue weighted by molar-refractivity contribution is 0.529. The predicted octanol–water partition coefficient (Wildman–Crippen LogP) is 2.39. The van der Waals surface area contributed by atoms with Crippen molar-refractivity contribution in [2.75, 3.05) is 11.1 Å². The first-order chi connectivity index (χ1) is 15.5. The Labute approximate surface area is 183 Å². The van der Waals surface area contributed by atoms with Crippen molar-refractivity contribution in [3.63, 3.8) is 0 Å². The maximum absolute atomic E-state index is 13.6. The highest BCUT2D eigenvalue weighted by Gasteiger charge is 2.24. The molecule has 3 N–H and O–H groups in total. The first kappa shape index (κ1) is 20.6. The topological polar surface area (TPSA) is 151 Å². The van der Waals surface area contributed by atoms with Gasteiger partial charge in [0.25, 0.3) is 5.56 Å². The highest BCUT2D eigenvalue weighted by atomic mass is 16.1. The molecular weight excluding hydrogens is 406 g/mol. The number of anilines is 2. The Bertz CT molecular complexity index is 1440. The van der Waals surface area contributed by atoms with E-state index >= 15 is 0 Å². The number of nitrogens with zero attached hydrogens (tertiary/aromatic N) is 7. The lowest BCUT2D eigenvalue weighted by Gasteiger charge is -2.24. The van der Waals surface area contributed by atoms with E-state index in [4.69, 9.17) is 5.73 Å². The van der Waals surface area contributed by atoms with Crippen molar-refractivity contribution in [1.82, 2.24) is 24.1 Å². The quantitative estimate of drug-likeness (QED) is 0.495. The average Bonchev–Trinajstić information content (AvgIpc) is 3.23. The molecule has 0 aliphatic carbocycles. The van der Waals surface area contributed by atoms with Crippen LogP contribution in [-0.4, -0.2) is 24.1 Å². The molecule has 2 atom stereocenters. The molecule has 4 aromatic rings. The van der Waals surface area contributed by atoms with Crippen LogP contribution in [0.5, 0.6) is 0 Å².